The molecule has 0 saturated carbocycles. The largest absolute Gasteiger partial charge is 0.420 e. The van der Waals surface area contributed by atoms with Crippen LogP contribution in [0, 0.1) is 18.3 Å². The standard InChI is InChI=1S/C22H22N6O2/c1-13-19-20(15(10-23)21(24)30-22(19)26-25-13)16-11-28(17-7-3-2-6-14(16)17)12-18(29)27-8-4-5-9-27/h2-3,6-7,11,20H,4-5,8-9,12,24H2,1H3,(H,25,26)/t20-/m0/s1. The zero-order chi connectivity index (χ0) is 20.8. The highest BCUT2D eigenvalue weighted by Crippen LogP contribution is 2.45. The van der Waals surface area contributed by atoms with Gasteiger partial charge in [0.25, 0.3) is 0 Å². The molecule has 1 aromatic carbocycles. The number of nitrogens with one attached hydrogen (secondary N) is 1. The number of nitriles is 1. The molecule has 152 valence electrons. The number of hydrogen-bond donors (Lipinski definition) is 2. The maximum atomic E-state index is 12.8. The average Bonchev–Trinajstić information content (AvgIpc) is 3.47. The van der Waals surface area contributed by atoms with Crippen molar-refractivity contribution in [2.24, 2.45) is 5.73 Å². The Morgan fingerprint density at radius 1 is 1.37 bits per heavy atom. The molecule has 5 rings (SSSR count). The van der Waals surface area contributed by atoms with Crippen molar-refractivity contribution in [3.63, 3.8) is 0 Å². The van der Waals surface area contributed by atoms with Crippen molar-refractivity contribution in [3.8, 4) is 11.9 Å². The van der Waals surface area contributed by atoms with E-state index >= 15 is 0 Å². The summed E-state index contributed by atoms with van der Waals surface area (Å²) in [5.74, 6) is 0.151. The number of H-pyrrole nitrogens is 1. The molecule has 3 aromatic rings. The van der Waals surface area contributed by atoms with Crippen molar-refractivity contribution in [1.82, 2.24) is 19.7 Å². The first-order valence-electron chi connectivity index (χ1n) is 10.1. The van der Waals surface area contributed by atoms with E-state index in [9.17, 15) is 10.1 Å². The number of rotatable bonds is 3. The molecule has 4 heterocycles. The number of amides is 1. The second-order valence-corrected chi connectivity index (χ2v) is 7.81. The Morgan fingerprint density at radius 2 is 2.13 bits per heavy atom. The first-order chi connectivity index (χ1) is 14.6. The monoisotopic (exact) mass is 402 g/mol. The molecular formula is C22H22N6O2. The first kappa shape index (κ1) is 18.3. The van der Waals surface area contributed by atoms with Crippen molar-refractivity contribution in [1.29, 1.82) is 5.26 Å². The number of benzene rings is 1. The molecule has 8 heteroatoms. The predicted octanol–water partition coefficient (Wildman–Crippen LogP) is 2.51. The summed E-state index contributed by atoms with van der Waals surface area (Å²) in [6.07, 6.45) is 4.09. The van der Waals surface area contributed by atoms with Crippen LogP contribution < -0.4 is 10.5 Å². The Morgan fingerprint density at radius 3 is 2.90 bits per heavy atom. The van der Waals surface area contributed by atoms with Crippen molar-refractivity contribution < 1.29 is 9.53 Å². The average molecular weight is 402 g/mol. The van der Waals surface area contributed by atoms with Gasteiger partial charge in [0.1, 0.15) is 18.2 Å². The number of aromatic nitrogens is 3. The van der Waals surface area contributed by atoms with Gasteiger partial charge in [0, 0.05) is 41.4 Å². The number of allylic oxidation sites excluding steroid dienone is 1. The third kappa shape index (κ3) is 2.74. The fourth-order valence-electron chi connectivity index (χ4n) is 4.56. The highest BCUT2D eigenvalue weighted by atomic mass is 16.5. The lowest BCUT2D eigenvalue weighted by Crippen LogP contribution is -2.30. The van der Waals surface area contributed by atoms with E-state index in [2.05, 4.69) is 16.3 Å². The molecule has 30 heavy (non-hydrogen) atoms. The van der Waals surface area contributed by atoms with Crippen LogP contribution in [0.1, 0.15) is 35.6 Å². The van der Waals surface area contributed by atoms with Gasteiger partial charge in [0.15, 0.2) is 0 Å². The molecule has 8 nitrogen and oxygen atoms in total. The number of likely N-dealkylation sites (tertiary alicyclic amines) is 1. The smallest absolute Gasteiger partial charge is 0.244 e. The Labute approximate surface area is 173 Å². The molecule has 3 N–H and O–H groups in total. The lowest BCUT2D eigenvalue weighted by atomic mass is 9.84. The van der Waals surface area contributed by atoms with Crippen LogP contribution in [0.15, 0.2) is 41.9 Å². The molecule has 2 aromatic heterocycles. The minimum Gasteiger partial charge on any atom is -0.420 e. The summed E-state index contributed by atoms with van der Waals surface area (Å²) in [7, 11) is 0. The van der Waals surface area contributed by atoms with Gasteiger partial charge in [-0.2, -0.15) is 5.26 Å². The zero-order valence-electron chi connectivity index (χ0n) is 16.7. The van der Waals surface area contributed by atoms with Crippen molar-refractivity contribution in [3.05, 3.63) is 58.7 Å². The first-order valence-corrected chi connectivity index (χ1v) is 10.1. The molecule has 1 atom stereocenters. The van der Waals surface area contributed by atoms with E-state index in [1.165, 1.54) is 0 Å². The number of nitrogens with zero attached hydrogens (tertiary/aromatic N) is 4. The second-order valence-electron chi connectivity index (χ2n) is 7.81. The predicted molar refractivity (Wildman–Crippen MR) is 110 cm³/mol. The van der Waals surface area contributed by atoms with Crippen LogP contribution in [0.3, 0.4) is 0 Å². The van der Waals surface area contributed by atoms with Crippen LogP contribution in [-0.2, 0) is 11.3 Å². The molecule has 1 fully saturated rings. The van der Waals surface area contributed by atoms with Crippen LogP contribution in [0.4, 0.5) is 0 Å². The van der Waals surface area contributed by atoms with Gasteiger partial charge in [0.05, 0.1) is 5.92 Å². The number of hydrogen-bond acceptors (Lipinski definition) is 5. The SMILES string of the molecule is Cc1[nH]nc2c1[C@H](c1cn(CC(=O)N3CCCC3)c3ccccc13)C(C#N)=C(N)O2. The highest BCUT2D eigenvalue weighted by Gasteiger charge is 2.36. The molecule has 1 amide bonds. The molecule has 1 saturated heterocycles. The molecule has 0 aliphatic carbocycles. The van der Waals surface area contributed by atoms with Gasteiger partial charge in [-0.05, 0) is 31.4 Å². The molecule has 0 spiro atoms. The van der Waals surface area contributed by atoms with Gasteiger partial charge >= 0.3 is 0 Å². The molecule has 0 bridgehead atoms. The summed E-state index contributed by atoms with van der Waals surface area (Å²) < 4.78 is 7.56. The van der Waals surface area contributed by atoms with E-state index in [-0.39, 0.29) is 18.3 Å². The number of fused-ring (bicyclic) bond motifs is 2. The number of nitrogens with two attached hydrogens (primary N) is 1. The van der Waals surface area contributed by atoms with Gasteiger partial charge < -0.3 is 19.9 Å². The van der Waals surface area contributed by atoms with Gasteiger partial charge in [-0.15, -0.1) is 5.10 Å². The number of para-hydroxylation sites is 1. The highest BCUT2D eigenvalue weighted by molar-refractivity contribution is 5.88. The zero-order valence-corrected chi connectivity index (χ0v) is 16.7. The summed E-state index contributed by atoms with van der Waals surface area (Å²) in [4.78, 5) is 14.7. The van der Waals surface area contributed by atoms with Crippen molar-refractivity contribution in [2.75, 3.05) is 13.1 Å². The molecule has 2 aliphatic heterocycles. The van der Waals surface area contributed by atoms with E-state index in [0.717, 1.165) is 53.7 Å². The van der Waals surface area contributed by atoms with Gasteiger partial charge in [-0.25, -0.2) is 0 Å². The molecule has 0 unspecified atom stereocenters. The normalized spacial score (nSPS) is 18.4. The number of carbonyl (C=O) groups is 1. The van der Waals surface area contributed by atoms with Crippen LogP contribution in [0.25, 0.3) is 10.9 Å². The number of aryl methyl sites for hydroxylation is 1. The van der Waals surface area contributed by atoms with Crippen molar-refractivity contribution in [2.45, 2.75) is 32.2 Å². The third-order valence-electron chi connectivity index (χ3n) is 6.02. The van der Waals surface area contributed by atoms with E-state index in [0.29, 0.717) is 11.5 Å². The van der Waals surface area contributed by atoms with E-state index in [4.69, 9.17) is 10.5 Å². The quantitative estimate of drug-likeness (QED) is 0.699. The van der Waals surface area contributed by atoms with E-state index in [1.54, 1.807) is 0 Å². The minimum atomic E-state index is -0.412. The number of ether oxygens (including phenoxy) is 1. The van der Waals surface area contributed by atoms with Crippen LogP contribution >= 0.6 is 0 Å². The number of aromatic amines is 1. The minimum absolute atomic E-state index is 0.0616. The topological polar surface area (TPSA) is 113 Å². The maximum Gasteiger partial charge on any atom is 0.244 e. The summed E-state index contributed by atoms with van der Waals surface area (Å²) in [6.45, 7) is 3.80. The maximum absolute atomic E-state index is 12.8. The Kier molecular flexibility index (Phi) is 4.24. The summed E-state index contributed by atoms with van der Waals surface area (Å²) >= 11 is 0. The molecular weight excluding hydrogens is 380 g/mol. The lowest BCUT2D eigenvalue weighted by Gasteiger charge is -2.23. The Hall–Kier alpha value is -3.73. The lowest BCUT2D eigenvalue weighted by molar-refractivity contribution is -0.130. The fourth-order valence-corrected chi connectivity index (χ4v) is 4.56. The summed E-state index contributed by atoms with van der Waals surface area (Å²) in [5, 5.41) is 18.0. The Balaban J connectivity index is 1.65. The van der Waals surface area contributed by atoms with Gasteiger partial charge in [-0.1, -0.05) is 18.2 Å². The fraction of sp³-hybridized carbons (Fsp3) is 0.318. The van der Waals surface area contributed by atoms with Crippen molar-refractivity contribution >= 4 is 16.8 Å². The van der Waals surface area contributed by atoms with Gasteiger partial charge in [0.2, 0.25) is 17.7 Å². The van der Waals surface area contributed by atoms with E-state index < -0.39 is 5.92 Å². The van der Waals surface area contributed by atoms with Crippen LogP contribution in [0.2, 0.25) is 0 Å². The summed E-state index contributed by atoms with van der Waals surface area (Å²) in [6, 6.07) is 10.1. The van der Waals surface area contributed by atoms with Gasteiger partial charge in [-0.3, -0.25) is 9.89 Å². The third-order valence-corrected chi connectivity index (χ3v) is 6.02. The van der Waals surface area contributed by atoms with Crippen LogP contribution in [0.5, 0.6) is 5.88 Å². The second kappa shape index (κ2) is 6.95. The summed E-state index contributed by atoms with van der Waals surface area (Å²) in [5.41, 5.74) is 9.90. The molecule has 0 radical (unpaired) electrons. The van der Waals surface area contributed by atoms with E-state index in [1.807, 2.05) is 46.9 Å². The Bertz CT molecular complexity index is 1220. The number of carbonyl (C=O) groups excluding carboxylic acids is 1. The van der Waals surface area contributed by atoms with Crippen LogP contribution in [-0.4, -0.2) is 38.7 Å². The molecule has 2 aliphatic rings.